The molecule has 2 heteroatoms. The van der Waals surface area contributed by atoms with Crippen LogP contribution in [0.1, 0.15) is 68.6 Å². The topological polar surface area (TPSA) is 26.3 Å². The molecule has 1 unspecified atom stereocenters. The predicted octanol–water partition coefficient (Wildman–Crippen LogP) is 6.24. The minimum absolute atomic E-state index is 0.296. The van der Waals surface area contributed by atoms with E-state index in [0.29, 0.717) is 16.9 Å². The van der Waals surface area contributed by atoms with Crippen LogP contribution < -0.4 is 0 Å². The lowest BCUT2D eigenvalue weighted by Crippen LogP contribution is -2.47. The van der Waals surface area contributed by atoms with Crippen molar-refractivity contribution in [2.75, 3.05) is 0 Å². The Kier molecular flexibility index (Phi) is 5.02. The number of carbonyl (C=O) groups is 1. The molecule has 3 saturated carbocycles. The van der Waals surface area contributed by atoms with Crippen molar-refractivity contribution >= 4 is 5.97 Å². The molecule has 4 aliphatic rings. The van der Waals surface area contributed by atoms with Crippen LogP contribution in [-0.4, -0.2) is 5.97 Å². The number of esters is 1. The van der Waals surface area contributed by atoms with E-state index in [-0.39, 0.29) is 5.97 Å². The van der Waals surface area contributed by atoms with Gasteiger partial charge in [-0.05, 0) is 98.5 Å². The molecule has 0 spiro atoms. The Balaban J connectivity index is 1.28. The number of benzene rings is 1. The Morgan fingerprint density at radius 3 is 2.66 bits per heavy atom. The molecule has 0 bridgehead atoms. The SMILES string of the molecule is C[C@]12CC[C@H]3[C@@H](CCC4CC=CC[C@@H]43)[C@@H]1CC[C@H]2C#COC(=O)c1ccccc1. The minimum atomic E-state index is -0.342. The van der Waals surface area contributed by atoms with Crippen LogP contribution in [0.3, 0.4) is 0 Å². The number of carbonyl (C=O) groups excluding carboxylic acids is 1. The molecule has 3 fully saturated rings. The average Bonchev–Trinajstić information content (AvgIpc) is 3.10. The first-order valence-corrected chi connectivity index (χ1v) is 11.6. The molecule has 2 nitrogen and oxygen atoms in total. The molecule has 152 valence electrons. The number of rotatable bonds is 1. The van der Waals surface area contributed by atoms with E-state index in [1.165, 1.54) is 44.9 Å². The smallest absolute Gasteiger partial charge is 0.352 e. The van der Waals surface area contributed by atoms with Crippen molar-refractivity contribution in [2.45, 2.75) is 58.3 Å². The molecule has 0 amide bonds. The van der Waals surface area contributed by atoms with Crippen molar-refractivity contribution in [2.24, 2.45) is 40.9 Å². The first-order chi connectivity index (χ1) is 14.2. The minimum Gasteiger partial charge on any atom is -0.368 e. The summed E-state index contributed by atoms with van der Waals surface area (Å²) in [6.45, 7) is 2.48. The molecular weight excluding hydrogens is 356 g/mol. The summed E-state index contributed by atoms with van der Waals surface area (Å²) in [6, 6.07) is 9.14. The zero-order valence-corrected chi connectivity index (χ0v) is 17.5. The number of hydrogen-bond donors (Lipinski definition) is 0. The molecule has 0 aromatic heterocycles. The Bertz CT molecular complexity index is 844. The highest BCUT2D eigenvalue weighted by molar-refractivity contribution is 5.89. The summed E-state index contributed by atoms with van der Waals surface area (Å²) < 4.78 is 5.28. The molecule has 4 aliphatic carbocycles. The molecule has 7 atom stereocenters. The molecule has 0 N–H and O–H groups in total. The highest BCUT2D eigenvalue weighted by Gasteiger charge is 2.56. The summed E-state index contributed by atoms with van der Waals surface area (Å²) in [6.07, 6.45) is 18.3. The third-order valence-corrected chi connectivity index (χ3v) is 8.92. The Hall–Kier alpha value is -2.01. The van der Waals surface area contributed by atoms with Gasteiger partial charge < -0.3 is 4.74 Å². The van der Waals surface area contributed by atoms with Gasteiger partial charge in [0.15, 0.2) is 0 Å². The zero-order chi connectivity index (χ0) is 19.8. The Labute approximate surface area is 175 Å². The van der Waals surface area contributed by atoms with Gasteiger partial charge in [0.1, 0.15) is 6.11 Å². The van der Waals surface area contributed by atoms with Gasteiger partial charge in [-0.25, -0.2) is 4.79 Å². The lowest BCUT2D eigenvalue weighted by Gasteiger charge is -2.54. The first-order valence-electron chi connectivity index (χ1n) is 11.6. The van der Waals surface area contributed by atoms with Crippen LogP contribution in [0.15, 0.2) is 42.5 Å². The quantitative estimate of drug-likeness (QED) is 0.323. The van der Waals surface area contributed by atoms with Crippen molar-refractivity contribution in [1.82, 2.24) is 0 Å². The monoisotopic (exact) mass is 388 g/mol. The molecule has 0 radical (unpaired) electrons. The van der Waals surface area contributed by atoms with E-state index < -0.39 is 0 Å². The third-order valence-electron chi connectivity index (χ3n) is 8.92. The van der Waals surface area contributed by atoms with Gasteiger partial charge in [0.25, 0.3) is 0 Å². The van der Waals surface area contributed by atoms with E-state index >= 15 is 0 Å². The van der Waals surface area contributed by atoms with E-state index in [1.807, 2.05) is 18.2 Å². The molecule has 1 aromatic carbocycles. The molecule has 29 heavy (non-hydrogen) atoms. The summed E-state index contributed by atoms with van der Waals surface area (Å²) >= 11 is 0. The Morgan fingerprint density at radius 1 is 0.966 bits per heavy atom. The van der Waals surface area contributed by atoms with Gasteiger partial charge in [-0.3, -0.25) is 0 Å². The number of ether oxygens (including phenoxy) is 1. The summed E-state index contributed by atoms with van der Waals surface area (Å²) in [5.74, 6) is 7.89. The molecular formula is C27H32O2. The fourth-order valence-corrected chi connectivity index (χ4v) is 7.44. The maximum atomic E-state index is 12.2. The van der Waals surface area contributed by atoms with Crippen LogP contribution >= 0.6 is 0 Å². The van der Waals surface area contributed by atoms with E-state index in [2.05, 4.69) is 31.1 Å². The second-order valence-electron chi connectivity index (χ2n) is 10.1. The normalized spacial score (nSPS) is 40.0. The van der Waals surface area contributed by atoms with Crippen molar-refractivity contribution in [3.05, 3.63) is 48.0 Å². The van der Waals surface area contributed by atoms with Crippen LogP contribution in [0.2, 0.25) is 0 Å². The van der Waals surface area contributed by atoms with Crippen molar-refractivity contribution in [3.63, 3.8) is 0 Å². The van der Waals surface area contributed by atoms with E-state index in [9.17, 15) is 4.79 Å². The highest BCUT2D eigenvalue weighted by atomic mass is 16.5. The number of hydrogen-bond acceptors (Lipinski definition) is 2. The van der Waals surface area contributed by atoms with Gasteiger partial charge in [-0.1, -0.05) is 43.2 Å². The van der Waals surface area contributed by atoms with Gasteiger partial charge >= 0.3 is 5.97 Å². The largest absolute Gasteiger partial charge is 0.368 e. The summed E-state index contributed by atoms with van der Waals surface area (Å²) in [5, 5.41) is 0. The lowest BCUT2D eigenvalue weighted by atomic mass is 9.50. The van der Waals surface area contributed by atoms with Gasteiger partial charge in [-0.2, -0.15) is 0 Å². The van der Waals surface area contributed by atoms with E-state index in [1.54, 1.807) is 12.1 Å². The zero-order valence-electron chi connectivity index (χ0n) is 17.5. The van der Waals surface area contributed by atoms with Crippen molar-refractivity contribution in [3.8, 4) is 12.0 Å². The maximum absolute atomic E-state index is 12.2. The second-order valence-corrected chi connectivity index (χ2v) is 10.1. The van der Waals surface area contributed by atoms with Crippen LogP contribution in [0, 0.1) is 52.9 Å². The second kappa shape index (κ2) is 7.67. The number of allylic oxidation sites excluding steroid dienone is 2. The third kappa shape index (κ3) is 3.33. The standard InChI is InChI=1S/C27H32O2/c1-27-17-15-23-22-10-6-5-7-19(22)11-13-24(23)25(27)14-12-21(27)16-18-29-26(28)20-8-3-2-4-9-20/h2-6,8-9,19,21-25H,7,10-15,17H2,1H3/t19?,21-,22-,23+,24+,25-,27+/m0/s1. The van der Waals surface area contributed by atoms with Gasteiger partial charge in [0, 0.05) is 5.92 Å². The lowest BCUT2D eigenvalue weighted by molar-refractivity contribution is -0.0453. The molecule has 1 aromatic rings. The van der Waals surface area contributed by atoms with Crippen molar-refractivity contribution in [1.29, 1.82) is 0 Å². The summed E-state index contributed by atoms with van der Waals surface area (Å²) in [5.41, 5.74) is 0.862. The van der Waals surface area contributed by atoms with Crippen LogP contribution in [0.5, 0.6) is 0 Å². The molecule has 0 aliphatic heterocycles. The van der Waals surface area contributed by atoms with Gasteiger partial charge in [0.2, 0.25) is 0 Å². The summed E-state index contributed by atoms with van der Waals surface area (Å²) in [4.78, 5) is 12.2. The van der Waals surface area contributed by atoms with Crippen molar-refractivity contribution < 1.29 is 9.53 Å². The Morgan fingerprint density at radius 2 is 1.79 bits per heavy atom. The highest BCUT2D eigenvalue weighted by Crippen LogP contribution is 2.63. The van der Waals surface area contributed by atoms with Gasteiger partial charge in [-0.15, -0.1) is 0 Å². The van der Waals surface area contributed by atoms with E-state index in [0.717, 1.165) is 36.0 Å². The average molecular weight is 389 g/mol. The van der Waals surface area contributed by atoms with Crippen LogP contribution in [0.4, 0.5) is 0 Å². The molecule has 5 rings (SSSR count). The molecule has 0 saturated heterocycles. The van der Waals surface area contributed by atoms with Crippen LogP contribution in [0.25, 0.3) is 0 Å². The van der Waals surface area contributed by atoms with Crippen LogP contribution in [-0.2, 0) is 4.74 Å². The molecule has 0 heterocycles. The van der Waals surface area contributed by atoms with E-state index in [4.69, 9.17) is 4.74 Å². The van der Waals surface area contributed by atoms with Gasteiger partial charge in [0.05, 0.1) is 5.56 Å². The summed E-state index contributed by atoms with van der Waals surface area (Å²) in [7, 11) is 0. The number of fused-ring (bicyclic) bond motifs is 5. The predicted molar refractivity (Wildman–Crippen MR) is 115 cm³/mol. The fraction of sp³-hybridized carbons (Fsp3) is 0.593. The fourth-order valence-electron chi connectivity index (χ4n) is 7.44. The first kappa shape index (κ1) is 19.0. The maximum Gasteiger partial charge on any atom is 0.352 e.